The summed E-state index contributed by atoms with van der Waals surface area (Å²) in [6, 6.07) is 0. The third-order valence-electron chi connectivity index (χ3n) is 3.93. The summed E-state index contributed by atoms with van der Waals surface area (Å²) in [7, 11) is 0. The van der Waals surface area contributed by atoms with Gasteiger partial charge in [0.2, 0.25) is 0 Å². The van der Waals surface area contributed by atoms with Crippen molar-refractivity contribution in [3.05, 3.63) is 0 Å². The van der Waals surface area contributed by atoms with Gasteiger partial charge < -0.3 is 14.2 Å². The Morgan fingerprint density at radius 1 is 0.818 bits per heavy atom. The van der Waals surface area contributed by atoms with Crippen molar-refractivity contribution in [1.29, 1.82) is 0 Å². The standard InChI is InChI=1S/C15H26N2O5/c18-14(21-11-7-16-3-1-2-4-16)13-15(19)22-12-8-17-5-9-20-10-6-17/h1-13H2. The molecule has 2 saturated heterocycles. The van der Waals surface area contributed by atoms with Gasteiger partial charge in [-0.2, -0.15) is 0 Å². The van der Waals surface area contributed by atoms with Gasteiger partial charge in [-0.25, -0.2) is 0 Å². The molecule has 0 saturated carbocycles. The fourth-order valence-corrected chi connectivity index (χ4v) is 2.63. The van der Waals surface area contributed by atoms with Crippen LogP contribution in [0.15, 0.2) is 0 Å². The molecule has 7 heteroatoms. The first kappa shape index (κ1) is 17.2. The zero-order valence-electron chi connectivity index (χ0n) is 13.1. The minimum atomic E-state index is -0.514. The zero-order chi connectivity index (χ0) is 15.6. The van der Waals surface area contributed by atoms with Gasteiger partial charge in [0, 0.05) is 26.2 Å². The van der Waals surface area contributed by atoms with Gasteiger partial charge in [0.1, 0.15) is 19.6 Å². The number of hydrogen-bond donors (Lipinski definition) is 0. The molecule has 2 heterocycles. The Kier molecular flexibility index (Phi) is 7.62. The number of nitrogens with zero attached hydrogens (tertiary/aromatic N) is 2. The van der Waals surface area contributed by atoms with E-state index in [0.29, 0.717) is 19.8 Å². The van der Waals surface area contributed by atoms with E-state index >= 15 is 0 Å². The van der Waals surface area contributed by atoms with E-state index < -0.39 is 11.9 Å². The van der Waals surface area contributed by atoms with Crippen LogP contribution in [0.4, 0.5) is 0 Å². The predicted octanol–water partition coefficient (Wildman–Crippen LogP) is -0.109. The van der Waals surface area contributed by atoms with E-state index in [4.69, 9.17) is 14.2 Å². The molecule has 22 heavy (non-hydrogen) atoms. The third-order valence-corrected chi connectivity index (χ3v) is 3.93. The number of morpholine rings is 1. The fourth-order valence-electron chi connectivity index (χ4n) is 2.63. The number of esters is 2. The third kappa shape index (κ3) is 6.72. The minimum Gasteiger partial charge on any atom is -0.464 e. The van der Waals surface area contributed by atoms with Gasteiger partial charge in [0.25, 0.3) is 0 Å². The SMILES string of the molecule is O=C(CC(=O)OCCN1CCOCC1)OCCN1CCCC1. The van der Waals surface area contributed by atoms with Gasteiger partial charge in [0.05, 0.1) is 13.2 Å². The minimum absolute atomic E-state index is 0.302. The van der Waals surface area contributed by atoms with Crippen LogP contribution in [0.5, 0.6) is 0 Å². The lowest BCUT2D eigenvalue weighted by Crippen LogP contribution is -2.38. The molecular formula is C15H26N2O5. The molecule has 0 amide bonds. The number of rotatable bonds is 8. The lowest BCUT2D eigenvalue weighted by molar-refractivity contribution is -0.155. The molecule has 0 aromatic heterocycles. The number of carbonyl (C=O) groups is 2. The molecular weight excluding hydrogens is 288 g/mol. The van der Waals surface area contributed by atoms with Gasteiger partial charge in [-0.1, -0.05) is 0 Å². The predicted molar refractivity (Wildman–Crippen MR) is 79.5 cm³/mol. The summed E-state index contributed by atoms with van der Waals surface area (Å²) in [5, 5.41) is 0. The van der Waals surface area contributed by atoms with Crippen molar-refractivity contribution in [2.75, 3.05) is 65.7 Å². The van der Waals surface area contributed by atoms with Crippen LogP contribution in [-0.4, -0.2) is 87.4 Å². The summed E-state index contributed by atoms with van der Waals surface area (Å²) in [6.07, 6.45) is 2.12. The molecule has 7 nitrogen and oxygen atoms in total. The average molecular weight is 314 g/mol. The Hall–Kier alpha value is -1.18. The molecule has 0 aromatic rings. The molecule has 0 spiro atoms. The molecule has 0 aliphatic carbocycles. The molecule has 0 N–H and O–H groups in total. The largest absolute Gasteiger partial charge is 0.464 e. The smallest absolute Gasteiger partial charge is 0.317 e. The number of ether oxygens (including phenoxy) is 3. The highest BCUT2D eigenvalue weighted by atomic mass is 16.6. The second-order valence-corrected chi connectivity index (χ2v) is 5.62. The second-order valence-electron chi connectivity index (χ2n) is 5.62. The Labute approximate surface area is 131 Å². The van der Waals surface area contributed by atoms with E-state index in [1.807, 2.05) is 0 Å². The number of hydrogen-bond acceptors (Lipinski definition) is 7. The summed E-state index contributed by atoms with van der Waals surface area (Å²) in [6.45, 7) is 7.37. The summed E-state index contributed by atoms with van der Waals surface area (Å²) >= 11 is 0. The van der Waals surface area contributed by atoms with Gasteiger partial charge in [-0.15, -0.1) is 0 Å². The van der Waals surface area contributed by atoms with E-state index in [2.05, 4.69) is 9.80 Å². The Bertz CT molecular complexity index is 352. The van der Waals surface area contributed by atoms with Crippen molar-refractivity contribution < 1.29 is 23.8 Å². The second kappa shape index (κ2) is 9.76. The molecule has 0 aromatic carbocycles. The molecule has 2 aliphatic heterocycles. The zero-order valence-corrected chi connectivity index (χ0v) is 13.1. The summed E-state index contributed by atoms with van der Waals surface area (Å²) in [4.78, 5) is 27.5. The van der Waals surface area contributed by atoms with Crippen molar-refractivity contribution in [3.8, 4) is 0 Å². The van der Waals surface area contributed by atoms with Crippen molar-refractivity contribution in [2.45, 2.75) is 19.3 Å². The van der Waals surface area contributed by atoms with Crippen molar-refractivity contribution in [3.63, 3.8) is 0 Å². The highest BCUT2D eigenvalue weighted by Crippen LogP contribution is 2.06. The number of carbonyl (C=O) groups excluding carboxylic acids is 2. The van der Waals surface area contributed by atoms with E-state index in [1.165, 1.54) is 12.8 Å². The first-order chi connectivity index (χ1) is 10.7. The Morgan fingerprint density at radius 2 is 1.32 bits per heavy atom. The maximum Gasteiger partial charge on any atom is 0.317 e. The Balaban J connectivity index is 1.47. The highest BCUT2D eigenvalue weighted by molar-refractivity contribution is 5.91. The molecule has 2 aliphatic rings. The molecule has 0 radical (unpaired) electrons. The average Bonchev–Trinajstić information content (AvgIpc) is 3.01. The molecule has 126 valence electrons. The molecule has 0 unspecified atom stereocenters. The van der Waals surface area contributed by atoms with E-state index in [-0.39, 0.29) is 6.42 Å². The normalized spacial score (nSPS) is 20.0. The molecule has 2 rings (SSSR count). The van der Waals surface area contributed by atoms with Crippen LogP contribution >= 0.6 is 0 Å². The maximum atomic E-state index is 11.5. The van der Waals surface area contributed by atoms with Crippen LogP contribution < -0.4 is 0 Å². The van der Waals surface area contributed by atoms with E-state index in [1.54, 1.807) is 0 Å². The van der Waals surface area contributed by atoms with E-state index in [0.717, 1.165) is 45.9 Å². The van der Waals surface area contributed by atoms with Gasteiger partial charge in [0.15, 0.2) is 0 Å². The van der Waals surface area contributed by atoms with Crippen LogP contribution in [0, 0.1) is 0 Å². The first-order valence-electron chi connectivity index (χ1n) is 8.08. The molecule has 2 fully saturated rings. The van der Waals surface area contributed by atoms with E-state index in [9.17, 15) is 9.59 Å². The quantitative estimate of drug-likeness (QED) is 0.457. The highest BCUT2D eigenvalue weighted by Gasteiger charge is 2.15. The molecule has 0 bridgehead atoms. The monoisotopic (exact) mass is 314 g/mol. The van der Waals surface area contributed by atoms with Crippen LogP contribution in [0.25, 0.3) is 0 Å². The topological polar surface area (TPSA) is 68.3 Å². The first-order valence-corrected chi connectivity index (χ1v) is 8.08. The lowest BCUT2D eigenvalue weighted by atomic mass is 10.4. The van der Waals surface area contributed by atoms with Crippen LogP contribution in [0.3, 0.4) is 0 Å². The van der Waals surface area contributed by atoms with Crippen molar-refractivity contribution in [2.24, 2.45) is 0 Å². The van der Waals surface area contributed by atoms with Crippen molar-refractivity contribution in [1.82, 2.24) is 9.80 Å². The van der Waals surface area contributed by atoms with Crippen LogP contribution in [-0.2, 0) is 23.8 Å². The lowest BCUT2D eigenvalue weighted by Gasteiger charge is -2.26. The summed E-state index contributed by atoms with van der Waals surface area (Å²) < 4.78 is 15.4. The fraction of sp³-hybridized carbons (Fsp3) is 0.867. The van der Waals surface area contributed by atoms with Gasteiger partial charge in [-0.3, -0.25) is 19.4 Å². The summed E-state index contributed by atoms with van der Waals surface area (Å²) in [5.74, 6) is -1.02. The van der Waals surface area contributed by atoms with Crippen LogP contribution in [0.2, 0.25) is 0 Å². The van der Waals surface area contributed by atoms with Crippen LogP contribution in [0.1, 0.15) is 19.3 Å². The van der Waals surface area contributed by atoms with Gasteiger partial charge >= 0.3 is 11.9 Å². The van der Waals surface area contributed by atoms with Gasteiger partial charge in [-0.05, 0) is 25.9 Å². The number of likely N-dealkylation sites (tertiary alicyclic amines) is 1. The summed E-state index contributed by atoms with van der Waals surface area (Å²) in [5.41, 5.74) is 0. The molecule has 0 atom stereocenters. The Morgan fingerprint density at radius 3 is 1.86 bits per heavy atom. The maximum absolute atomic E-state index is 11.5. The van der Waals surface area contributed by atoms with Crippen molar-refractivity contribution >= 4 is 11.9 Å².